The van der Waals surface area contributed by atoms with Crippen LogP contribution in [0.1, 0.15) is 36.7 Å². The van der Waals surface area contributed by atoms with Crippen LogP contribution in [0.15, 0.2) is 16.5 Å². The number of furan rings is 1. The molecule has 4 heteroatoms. The van der Waals surface area contributed by atoms with E-state index in [1.54, 1.807) is 12.1 Å². The fraction of sp³-hybridized carbons (Fsp3) is 0.545. The Morgan fingerprint density at radius 3 is 2.93 bits per heavy atom. The first-order valence-corrected chi connectivity index (χ1v) is 5.35. The lowest BCUT2D eigenvalue weighted by Gasteiger charge is -2.32. The molecule has 82 valence electrons. The van der Waals surface area contributed by atoms with E-state index in [2.05, 4.69) is 6.92 Å². The topological polar surface area (TPSA) is 59.5 Å². The highest BCUT2D eigenvalue weighted by molar-refractivity contribution is 5.92. The molecule has 2 N–H and O–H groups in total. The summed E-state index contributed by atoms with van der Waals surface area (Å²) in [6.45, 7) is 2.89. The number of hydrogen-bond acceptors (Lipinski definition) is 3. The van der Waals surface area contributed by atoms with Crippen LogP contribution in [-0.4, -0.2) is 23.4 Å². The third-order valence-electron chi connectivity index (χ3n) is 2.90. The van der Waals surface area contributed by atoms with Crippen LogP contribution >= 0.6 is 0 Å². The average Bonchev–Trinajstić information content (AvgIpc) is 2.65. The van der Waals surface area contributed by atoms with Gasteiger partial charge in [0.15, 0.2) is 11.6 Å². The zero-order valence-electron chi connectivity index (χ0n) is 8.90. The van der Waals surface area contributed by atoms with Crippen molar-refractivity contribution in [3.05, 3.63) is 17.9 Å². The number of amides is 1. The molecule has 15 heavy (non-hydrogen) atoms. The van der Waals surface area contributed by atoms with Gasteiger partial charge in [0.1, 0.15) is 0 Å². The zero-order valence-corrected chi connectivity index (χ0v) is 8.90. The average molecular weight is 208 g/mol. The summed E-state index contributed by atoms with van der Waals surface area (Å²) in [5.41, 5.74) is 5.44. The van der Waals surface area contributed by atoms with E-state index < -0.39 is 0 Å². The Bertz CT molecular complexity index is 359. The molecular formula is C11H16N2O2. The van der Waals surface area contributed by atoms with E-state index in [-0.39, 0.29) is 5.91 Å². The molecule has 0 radical (unpaired) electrons. The highest BCUT2D eigenvalue weighted by atomic mass is 16.4. The molecule has 1 aliphatic rings. The van der Waals surface area contributed by atoms with E-state index in [1.807, 2.05) is 4.90 Å². The molecule has 0 aromatic carbocycles. The van der Waals surface area contributed by atoms with E-state index in [1.165, 1.54) is 6.42 Å². The summed E-state index contributed by atoms with van der Waals surface area (Å²) in [6.07, 6.45) is 3.35. The summed E-state index contributed by atoms with van der Waals surface area (Å²) < 4.78 is 5.13. The van der Waals surface area contributed by atoms with Gasteiger partial charge in [0.25, 0.3) is 5.91 Å². The number of rotatable bonds is 1. The second kappa shape index (κ2) is 3.96. The lowest BCUT2D eigenvalue weighted by Crippen LogP contribution is -2.41. The number of piperidine rings is 1. The highest BCUT2D eigenvalue weighted by Crippen LogP contribution is 2.20. The number of nitrogens with two attached hydrogens (primary N) is 1. The molecule has 1 unspecified atom stereocenters. The minimum Gasteiger partial charge on any atom is -0.436 e. The van der Waals surface area contributed by atoms with E-state index in [0.717, 1.165) is 19.4 Å². The van der Waals surface area contributed by atoms with Crippen molar-refractivity contribution in [3.63, 3.8) is 0 Å². The van der Waals surface area contributed by atoms with Gasteiger partial charge in [0.05, 0.1) is 0 Å². The van der Waals surface area contributed by atoms with Crippen LogP contribution in [0.4, 0.5) is 5.88 Å². The molecule has 2 heterocycles. The molecule has 1 aromatic heterocycles. The quantitative estimate of drug-likeness (QED) is 0.766. The van der Waals surface area contributed by atoms with Crippen LogP contribution in [0.2, 0.25) is 0 Å². The standard InChI is InChI=1S/C11H16N2O2/c1-8-4-2-3-7-13(8)11(14)9-5-6-10(12)15-9/h5-6,8H,2-4,7,12H2,1H3. The molecule has 0 saturated carbocycles. The van der Waals surface area contributed by atoms with Gasteiger partial charge < -0.3 is 15.1 Å². The van der Waals surface area contributed by atoms with Gasteiger partial charge in [-0.05, 0) is 32.3 Å². The Morgan fingerprint density at radius 1 is 1.53 bits per heavy atom. The second-order valence-corrected chi connectivity index (χ2v) is 4.05. The van der Waals surface area contributed by atoms with Gasteiger partial charge in [-0.25, -0.2) is 0 Å². The third-order valence-corrected chi connectivity index (χ3v) is 2.90. The van der Waals surface area contributed by atoms with Crippen molar-refractivity contribution in [2.45, 2.75) is 32.2 Å². The van der Waals surface area contributed by atoms with Crippen LogP contribution in [0.3, 0.4) is 0 Å². The van der Waals surface area contributed by atoms with Crippen LogP contribution in [0.5, 0.6) is 0 Å². The smallest absolute Gasteiger partial charge is 0.289 e. The molecule has 4 nitrogen and oxygen atoms in total. The molecule has 1 aliphatic heterocycles. The third kappa shape index (κ3) is 1.98. The maximum Gasteiger partial charge on any atom is 0.289 e. The number of hydrogen-bond donors (Lipinski definition) is 1. The molecule has 0 bridgehead atoms. The maximum atomic E-state index is 12.0. The highest BCUT2D eigenvalue weighted by Gasteiger charge is 2.25. The van der Waals surface area contributed by atoms with Crippen LogP contribution < -0.4 is 5.73 Å². The molecule has 1 aromatic rings. The normalized spacial score (nSPS) is 21.7. The first kappa shape index (κ1) is 10.1. The fourth-order valence-electron chi connectivity index (χ4n) is 2.01. The summed E-state index contributed by atoms with van der Waals surface area (Å²) in [4.78, 5) is 13.9. The van der Waals surface area contributed by atoms with Gasteiger partial charge in [-0.3, -0.25) is 4.79 Å². The van der Waals surface area contributed by atoms with Gasteiger partial charge in [-0.15, -0.1) is 0 Å². The molecular weight excluding hydrogens is 192 g/mol. The summed E-state index contributed by atoms with van der Waals surface area (Å²) in [7, 11) is 0. The minimum absolute atomic E-state index is 0.0427. The van der Waals surface area contributed by atoms with Crippen molar-refractivity contribution in [1.29, 1.82) is 0 Å². The monoisotopic (exact) mass is 208 g/mol. The van der Waals surface area contributed by atoms with Crippen LogP contribution in [0, 0.1) is 0 Å². The summed E-state index contributed by atoms with van der Waals surface area (Å²) in [5.74, 6) is 0.600. The van der Waals surface area contributed by atoms with E-state index in [9.17, 15) is 4.79 Å². The van der Waals surface area contributed by atoms with Crippen molar-refractivity contribution >= 4 is 11.8 Å². The molecule has 1 amide bonds. The van der Waals surface area contributed by atoms with Crippen LogP contribution in [0.25, 0.3) is 0 Å². The fourth-order valence-corrected chi connectivity index (χ4v) is 2.01. The molecule has 1 fully saturated rings. The predicted octanol–water partition coefficient (Wildman–Crippen LogP) is 1.88. The van der Waals surface area contributed by atoms with Crippen molar-refractivity contribution < 1.29 is 9.21 Å². The second-order valence-electron chi connectivity index (χ2n) is 4.05. The summed E-state index contributed by atoms with van der Waals surface area (Å²) in [6, 6.07) is 3.55. The number of carbonyl (C=O) groups excluding carboxylic acids is 1. The van der Waals surface area contributed by atoms with Gasteiger partial charge in [0.2, 0.25) is 0 Å². The summed E-state index contributed by atoms with van der Waals surface area (Å²) >= 11 is 0. The predicted molar refractivity (Wildman–Crippen MR) is 57.5 cm³/mol. The number of anilines is 1. The Kier molecular flexibility index (Phi) is 2.66. The first-order chi connectivity index (χ1) is 7.18. The largest absolute Gasteiger partial charge is 0.436 e. The Hall–Kier alpha value is -1.45. The summed E-state index contributed by atoms with van der Waals surface area (Å²) in [5, 5.41) is 0. The Balaban J connectivity index is 2.13. The number of nitrogen functional groups attached to an aromatic ring is 1. The SMILES string of the molecule is CC1CCCCN1C(=O)c1ccc(N)o1. The molecule has 1 atom stereocenters. The van der Waals surface area contributed by atoms with Gasteiger partial charge in [-0.2, -0.15) is 0 Å². The van der Waals surface area contributed by atoms with Crippen LogP contribution in [-0.2, 0) is 0 Å². The Labute approximate surface area is 89.0 Å². The van der Waals surface area contributed by atoms with E-state index in [0.29, 0.717) is 17.7 Å². The molecule has 0 spiro atoms. The van der Waals surface area contributed by atoms with Crippen molar-refractivity contribution in [3.8, 4) is 0 Å². The minimum atomic E-state index is -0.0427. The lowest BCUT2D eigenvalue weighted by atomic mass is 10.0. The van der Waals surface area contributed by atoms with Gasteiger partial charge >= 0.3 is 0 Å². The molecule has 0 aliphatic carbocycles. The van der Waals surface area contributed by atoms with Crippen molar-refractivity contribution in [2.75, 3.05) is 12.3 Å². The van der Waals surface area contributed by atoms with Crippen molar-refractivity contribution in [2.24, 2.45) is 0 Å². The van der Waals surface area contributed by atoms with Gasteiger partial charge in [0, 0.05) is 18.7 Å². The zero-order chi connectivity index (χ0) is 10.8. The lowest BCUT2D eigenvalue weighted by molar-refractivity contribution is 0.0604. The number of likely N-dealkylation sites (tertiary alicyclic amines) is 1. The van der Waals surface area contributed by atoms with Crippen molar-refractivity contribution in [1.82, 2.24) is 4.90 Å². The molecule has 1 saturated heterocycles. The van der Waals surface area contributed by atoms with E-state index >= 15 is 0 Å². The first-order valence-electron chi connectivity index (χ1n) is 5.35. The number of nitrogens with zero attached hydrogens (tertiary/aromatic N) is 1. The van der Waals surface area contributed by atoms with E-state index in [4.69, 9.17) is 10.2 Å². The number of carbonyl (C=O) groups is 1. The maximum absolute atomic E-state index is 12.0. The Morgan fingerprint density at radius 2 is 2.33 bits per heavy atom. The molecule has 2 rings (SSSR count). The van der Waals surface area contributed by atoms with Gasteiger partial charge in [-0.1, -0.05) is 0 Å².